The molecule has 0 aliphatic carbocycles. The van der Waals surface area contributed by atoms with E-state index in [0.717, 1.165) is 12.0 Å². The third-order valence-electron chi connectivity index (χ3n) is 3.43. The molecule has 1 saturated heterocycles. The highest BCUT2D eigenvalue weighted by atomic mass is 16.2. The summed E-state index contributed by atoms with van der Waals surface area (Å²) in [6.07, 6.45) is 2.00. The van der Waals surface area contributed by atoms with Gasteiger partial charge in [-0.05, 0) is 24.0 Å². The van der Waals surface area contributed by atoms with Gasteiger partial charge in [0.25, 0.3) is 5.91 Å². The molecule has 0 spiro atoms. The number of amides is 4. The van der Waals surface area contributed by atoms with E-state index in [0.29, 0.717) is 12.8 Å². The molecular weight excluding hydrogens is 270 g/mol. The van der Waals surface area contributed by atoms with Crippen molar-refractivity contribution in [2.24, 2.45) is 0 Å². The molecule has 1 fully saturated rings. The molecule has 1 heterocycles. The SMILES string of the molecule is CCc1ccc(CCC(=O)NCC2NC(=O)NC2=O)cc1. The molecule has 3 N–H and O–H groups in total. The molecule has 6 nitrogen and oxygen atoms in total. The molecular formula is C15H19N3O3. The topological polar surface area (TPSA) is 87.3 Å². The van der Waals surface area contributed by atoms with Crippen molar-refractivity contribution in [2.75, 3.05) is 6.54 Å². The van der Waals surface area contributed by atoms with Crippen molar-refractivity contribution in [1.82, 2.24) is 16.0 Å². The molecule has 1 aliphatic heterocycles. The van der Waals surface area contributed by atoms with Crippen molar-refractivity contribution in [3.8, 4) is 0 Å². The maximum atomic E-state index is 11.7. The predicted molar refractivity (Wildman–Crippen MR) is 77.6 cm³/mol. The number of carbonyl (C=O) groups is 3. The van der Waals surface area contributed by atoms with Gasteiger partial charge in [-0.15, -0.1) is 0 Å². The van der Waals surface area contributed by atoms with Gasteiger partial charge in [0.05, 0.1) is 0 Å². The Hall–Kier alpha value is -2.37. The van der Waals surface area contributed by atoms with Gasteiger partial charge in [0.15, 0.2) is 0 Å². The van der Waals surface area contributed by atoms with Gasteiger partial charge in [-0.2, -0.15) is 0 Å². The van der Waals surface area contributed by atoms with E-state index in [-0.39, 0.29) is 12.5 Å². The van der Waals surface area contributed by atoms with Crippen molar-refractivity contribution in [1.29, 1.82) is 0 Å². The summed E-state index contributed by atoms with van der Waals surface area (Å²) in [6, 6.07) is 6.98. The molecule has 0 aromatic heterocycles. The molecule has 21 heavy (non-hydrogen) atoms. The average Bonchev–Trinajstić information content (AvgIpc) is 2.81. The molecule has 1 aromatic rings. The van der Waals surface area contributed by atoms with Gasteiger partial charge in [0.2, 0.25) is 5.91 Å². The monoisotopic (exact) mass is 289 g/mol. The summed E-state index contributed by atoms with van der Waals surface area (Å²) in [5.41, 5.74) is 2.38. The van der Waals surface area contributed by atoms with Crippen LogP contribution in [0.1, 0.15) is 24.5 Å². The van der Waals surface area contributed by atoms with Crippen LogP contribution in [0.5, 0.6) is 0 Å². The second-order valence-corrected chi connectivity index (χ2v) is 4.99. The Morgan fingerprint density at radius 1 is 1.19 bits per heavy atom. The summed E-state index contributed by atoms with van der Waals surface area (Å²) < 4.78 is 0. The van der Waals surface area contributed by atoms with Crippen LogP contribution >= 0.6 is 0 Å². The lowest BCUT2D eigenvalue weighted by Crippen LogP contribution is -2.41. The van der Waals surface area contributed by atoms with Crippen molar-refractivity contribution in [3.63, 3.8) is 0 Å². The quantitative estimate of drug-likeness (QED) is 0.667. The minimum absolute atomic E-state index is 0.116. The number of hydrogen-bond donors (Lipinski definition) is 3. The smallest absolute Gasteiger partial charge is 0.322 e. The molecule has 2 rings (SSSR count). The van der Waals surface area contributed by atoms with Crippen molar-refractivity contribution < 1.29 is 14.4 Å². The zero-order chi connectivity index (χ0) is 15.2. The van der Waals surface area contributed by atoms with Crippen molar-refractivity contribution in [2.45, 2.75) is 32.2 Å². The Bertz CT molecular complexity index is 540. The first-order chi connectivity index (χ1) is 10.1. The second kappa shape index (κ2) is 6.88. The van der Waals surface area contributed by atoms with Crippen LogP contribution < -0.4 is 16.0 Å². The van der Waals surface area contributed by atoms with Gasteiger partial charge < -0.3 is 10.6 Å². The standard InChI is InChI=1S/C15H19N3O3/c1-2-10-3-5-11(6-4-10)7-8-13(19)16-9-12-14(20)18-15(21)17-12/h3-6,12H,2,7-9H2,1H3,(H,16,19)(H2,17,18,20,21). The van der Waals surface area contributed by atoms with E-state index < -0.39 is 18.0 Å². The predicted octanol–water partition coefficient (Wildman–Crippen LogP) is 0.506. The van der Waals surface area contributed by atoms with Crippen molar-refractivity contribution >= 4 is 17.8 Å². The number of aryl methyl sites for hydroxylation is 2. The van der Waals surface area contributed by atoms with Crippen LogP contribution in [-0.4, -0.2) is 30.4 Å². The number of rotatable bonds is 6. The minimum Gasteiger partial charge on any atom is -0.353 e. The number of hydrogen-bond acceptors (Lipinski definition) is 3. The van der Waals surface area contributed by atoms with Crippen LogP contribution in [0.3, 0.4) is 0 Å². The number of carbonyl (C=O) groups excluding carboxylic acids is 3. The van der Waals surface area contributed by atoms with Crippen LogP contribution in [0.2, 0.25) is 0 Å². The van der Waals surface area contributed by atoms with Crippen LogP contribution in [0, 0.1) is 0 Å². The van der Waals surface area contributed by atoms with Gasteiger partial charge in [-0.1, -0.05) is 31.2 Å². The fourth-order valence-electron chi connectivity index (χ4n) is 2.11. The first-order valence-corrected chi connectivity index (χ1v) is 7.04. The van der Waals surface area contributed by atoms with Crippen LogP contribution in [0.4, 0.5) is 4.79 Å². The summed E-state index contributed by atoms with van der Waals surface area (Å²) in [7, 11) is 0. The highest BCUT2D eigenvalue weighted by Gasteiger charge is 2.29. The Balaban J connectivity index is 1.72. The van der Waals surface area contributed by atoms with E-state index in [1.807, 2.05) is 12.1 Å². The summed E-state index contributed by atoms with van der Waals surface area (Å²) in [6.45, 7) is 2.21. The molecule has 1 aliphatic rings. The number of imide groups is 1. The molecule has 0 bridgehead atoms. The lowest BCUT2D eigenvalue weighted by molar-refractivity contribution is -0.122. The Labute approximate surface area is 123 Å². The van der Waals surface area contributed by atoms with Gasteiger partial charge in [-0.25, -0.2) is 4.79 Å². The molecule has 1 aromatic carbocycles. The third-order valence-corrected chi connectivity index (χ3v) is 3.43. The molecule has 6 heteroatoms. The zero-order valence-electron chi connectivity index (χ0n) is 11.9. The van der Waals surface area contributed by atoms with E-state index in [2.05, 4.69) is 35.0 Å². The molecule has 1 unspecified atom stereocenters. The molecule has 112 valence electrons. The maximum Gasteiger partial charge on any atom is 0.322 e. The summed E-state index contributed by atoms with van der Waals surface area (Å²) in [5.74, 6) is -0.543. The minimum atomic E-state index is -0.676. The molecule has 0 radical (unpaired) electrons. The van der Waals surface area contributed by atoms with Crippen LogP contribution in [0.15, 0.2) is 24.3 Å². The summed E-state index contributed by atoms with van der Waals surface area (Å²) in [5, 5.41) is 7.20. The molecule has 0 saturated carbocycles. The summed E-state index contributed by atoms with van der Waals surface area (Å²) in [4.78, 5) is 33.9. The van der Waals surface area contributed by atoms with E-state index >= 15 is 0 Å². The Kier molecular flexibility index (Phi) is 4.92. The lowest BCUT2D eigenvalue weighted by atomic mass is 10.1. The summed E-state index contributed by atoms with van der Waals surface area (Å²) >= 11 is 0. The maximum absolute atomic E-state index is 11.7. The van der Waals surface area contributed by atoms with Gasteiger partial charge in [-0.3, -0.25) is 14.9 Å². The Morgan fingerprint density at radius 3 is 2.43 bits per heavy atom. The van der Waals surface area contributed by atoms with E-state index in [1.165, 1.54) is 5.56 Å². The third kappa shape index (κ3) is 4.30. The largest absolute Gasteiger partial charge is 0.353 e. The number of nitrogens with one attached hydrogen (secondary N) is 3. The first-order valence-electron chi connectivity index (χ1n) is 7.04. The van der Waals surface area contributed by atoms with Gasteiger partial charge in [0, 0.05) is 13.0 Å². The van der Waals surface area contributed by atoms with Crippen LogP contribution in [-0.2, 0) is 22.4 Å². The van der Waals surface area contributed by atoms with Crippen molar-refractivity contribution in [3.05, 3.63) is 35.4 Å². The van der Waals surface area contributed by atoms with E-state index in [4.69, 9.17) is 0 Å². The normalized spacial score (nSPS) is 17.3. The van der Waals surface area contributed by atoms with Crippen LogP contribution in [0.25, 0.3) is 0 Å². The lowest BCUT2D eigenvalue weighted by Gasteiger charge is -2.09. The fraction of sp³-hybridized carbons (Fsp3) is 0.400. The van der Waals surface area contributed by atoms with E-state index in [9.17, 15) is 14.4 Å². The van der Waals surface area contributed by atoms with Gasteiger partial charge >= 0.3 is 6.03 Å². The number of benzene rings is 1. The highest BCUT2D eigenvalue weighted by Crippen LogP contribution is 2.07. The van der Waals surface area contributed by atoms with E-state index in [1.54, 1.807) is 0 Å². The Morgan fingerprint density at radius 2 is 1.86 bits per heavy atom. The second-order valence-electron chi connectivity index (χ2n) is 4.99. The highest BCUT2D eigenvalue weighted by molar-refractivity contribution is 6.04. The van der Waals surface area contributed by atoms with Gasteiger partial charge in [0.1, 0.15) is 6.04 Å². The molecule has 1 atom stereocenters. The fourth-order valence-corrected chi connectivity index (χ4v) is 2.11. The molecule has 4 amide bonds. The first kappa shape index (κ1) is 15.0. The number of urea groups is 1. The zero-order valence-corrected chi connectivity index (χ0v) is 11.9. The average molecular weight is 289 g/mol.